The van der Waals surface area contributed by atoms with E-state index < -0.39 is 109 Å². The molecule has 24 nitrogen and oxygen atoms in total. The fourth-order valence-corrected chi connectivity index (χ4v) is 6.78. The Morgan fingerprint density at radius 1 is 0.519 bits per heavy atom. The SMILES string of the molecule is C=CCOC(=O)CC(CC(=O)OCC(=C)C)OC(=O)NCCCCCCn1c(=O)n(CCCCCCNC(=O)OC(CC(=O)OCC=C)CC(=O)OCC(=C)C)c(=O)n(C(CCOC(=O)C=C)CCOC(=O)C(=C)C)c1=O. The van der Waals surface area contributed by atoms with Crippen LogP contribution in [0.25, 0.3) is 0 Å². The van der Waals surface area contributed by atoms with E-state index >= 15 is 0 Å². The molecule has 0 fully saturated rings. The van der Waals surface area contributed by atoms with Crippen LogP contribution in [0.15, 0.2) is 88.8 Å². The van der Waals surface area contributed by atoms with Crippen molar-refractivity contribution in [2.75, 3.05) is 52.7 Å². The predicted octanol–water partition coefficient (Wildman–Crippen LogP) is 4.91. The quantitative estimate of drug-likeness (QED) is 0.0289. The number of esters is 6. The lowest BCUT2D eigenvalue weighted by Crippen LogP contribution is -2.55. The van der Waals surface area contributed by atoms with Crippen molar-refractivity contribution in [2.24, 2.45) is 0 Å². The summed E-state index contributed by atoms with van der Waals surface area (Å²) in [4.78, 5) is 141. The van der Waals surface area contributed by atoms with E-state index in [0.717, 1.165) is 19.8 Å². The zero-order valence-corrected chi connectivity index (χ0v) is 44.8. The summed E-state index contributed by atoms with van der Waals surface area (Å²) in [6.45, 7) is 25.2. The van der Waals surface area contributed by atoms with Crippen molar-refractivity contribution in [1.29, 1.82) is 0 Å². The molecule has 0 saturated heterocycles. The second-order valence-electron chi connectivity index (χ2n) is 17.8. The standard InChI is InChI=1S/C53H77N5O19/c1-10-27-70-44(60)31-41(33-46(62)74-35-37(4)5)76-49(65)54-23-17-13-15-19-25-56-51(67)57(53(69)58(52(56)68)40(21-29-72-43(59)12-3)22-30-73-48(64)39(8)9)26-20-16-14-18-24-55-50(66)77-42(32-45(61)71-28-11-2)34-47(63)75-36-38(6)7/h10-12,40-42H,1-4,6,8,13-36H2,5,7,9H3,(H,54,65)(H,55,66). The van der Waals surface area contributed by atoms with Crippen molar-refractivity contribution < 1.29 is 76.3 Å². The average molecular weight is 1090 g/mol. The first-order valence-corrected chi connectivity index (χ1v) is 25.2. The van der Waals surface area contributed by atoms with Gasteiger partial charge in [-0.25, -0.2) is 47.3 Å². The summed E-state index contributed by atoms with van der Waals surface area (Å²) in [6.07, 6.45) is 1.02. The van der Waals surface area contributed by atoms with Crippen LogP contribution in [-0.2, 0) is 79.8 Å². The molecule has 24 heteroatoms. The lowest BCUT2D eigenvalue weighted by molar-refractivity contribution is -0.150. The molecule has 77 heavy (non-hydrogen) atoms. The van der Waals surface area contributed by atoms with Crippen molar-refractivity contribution in [1.82, 2.24) is 24.3 Å². The fourth-order valence-electron chi connectivity index (χ4n) is 6.78. The Morgan fingerprint density at radius 3 is 1.29 bits per heavy atom. The first-order valence-electron chi connectivity index (χ1n) is 25.2. The topological polar surface area (TPSA) is 300 Å². The van der Waals surface area contributed by atoms with Gasteiger partial charge in [-0.1, -0.05) is 77.3 Å². The third kappa shape index (κ3) is 29.8. The van der Waals surface area contributed by atoms with Gasteiger partial charge in [-0.2, -0.15) is 0 Å². The Balaban J connectivity index is 3.17. The maximum Gasteiger partial charge on any atom is 0.407 e. The minimum absolute atomic E-state index is 0.0500. The maximum atomic E-state index is 14.2. The molecule has 0 aliphatic heterocycles. The molecule has 3 atom stereocenters. The van der Waals surface area contributed by atoms with Gasteiger partial charge in [0, 0.05) is 56.7 Å². The monoisotopic (exact) mass is 1090 g/mol. The largest absolute Gasteiger partial charge is 0.462 e. The van der Waals surface area contributed by atoms with Crippen LogP contribution >= 0.6 is 0 Å². The molecule has 3 unspecified atom stereocenters. The molecule has 0 aliphatic carbocycles. The summed E-state index contributed by atoms with van der Waals surface area (Å²) >= 11 is 0. The molecule has 428 valence electrons. The lowest BCUT2D eigenvalue weighted by atomic mass is 10.1. The number of aromatic nitrogens is 3. The Bertz CT molecular complexity index is 2270. The molecule has 1 rings (SSSR count). The number of carbonyl (C=O) groups is 8. The van der Waals surface area contributed by atoms with Crippen LogP contribution in [0.5, 0.6) is 0 Å². The molecule has 0 spiro atoms. The third-order valence-corrected chi connectivity index (χ3v) is 10.6. The van der Waals surface area contributed by atoms with E-state index in [1.807, 2.05) is 0 Å². The van der Waals surface area contributed by atoms with Crippen LogP contribution in [0.2, 0.25) is 0 Å². The zero-order chi connectivity index (χ0) is 57.7. The van der Waals surface area contributed by atoms with Crippen LogP contribution in [0.1, 0.15) is 117 Å². The summed E-state index contributed by atoms with van der Waals surface area (Å²) in [6, 6.07) is -1.01. The summed E-state index contributed by atoms with van der Waals surface area (Å²) < 4.78 is 43.9. The second kappa shape index (κ2) is 38.7. The van der Waals surface area contributed by atoms with Crippen LogP contribution in [0.3, 0.4) is 0 Å². The highest BCUT2D eigenvalue weighted by Gasteiger charge is 2.26. The molecular weight excluding hydrogens is 1010 g/mol. The average Bonchev–Trinajstić information content (AvgIpc) is 3.37. The number of unbranched alkanes of at least 4 members (excludes halogenated alkanes) is 6. The van der Waals surface area contributed by atoms with Gasteiger partial charge in [0.05, 0.1) is 38.9 Å². The Kier molecular flexibility index (Phi) is 33.8. The van der Waals surface area contributed by atoms with Crippen LogP contribution in [-0.4, -0.2) is 127 Å². The van der Waals surface area contributed by atoms with E-state index in [4.69, 9.17) is 37.9 Å². The number of nitrogens with zero attached hydrogens (tertiary/aromatic N) is 3. The van der Waals surface area contributed by atoms with Crippen molar-refractivity contribution in [3.05, 3.63) is 106 Å². The number of carbonyl (C=O) groups excluding carboxylic acids is 8. The predicted molar refractivity (Wildman–Crippen MR) is 280 cm³/mol. The number of amides is 2. The van der Waals surface area contributed by atoms with E-state index in [0.29, 0.717) is 49.7 Å². The number of rotatable bonds is 41. The second-order valence-corrected chi connectivity index (χ2v) is 17.8. The minimum Gasteiger partial charge on any atom is -0.462 e. The molecule has 2 N–H and O–H groups in total. The van der Waals surface area contributed by atoms with Gasteiger partial charge in [-0.15, -0.1) is 0 Å². The number of hydrogen-bond acceptors (Lipinski definition) is 19. The summed E-state index contributed by atoms with van der Waals surface area (Å²) in [7, 11) is 0. The van der Waals surface area contributed by atoms with E-state index in [1.165, 1.54) is 19.1 Å². The molecule has 2 amide bonds. The van der Waals surface area contributed by atoms with Gasteiger partial charge in [0.15, 0.2) is 0 Å². The van der Waals surface area contributed by atoms with E-state index in [-0.39, 0.29) is 97.1 Å². The van der Waals surface area contributed by atoms with Gasteiger partial charge < -0.3 is 48.5 Å². The molecule has 1 heterocycles. The molecule has 1 aromatic rings. The number of hydrogen-bond donors (Lipinski definition) is 2. The normalized spacial score (nSPS) is 11.7. The van der Waals surface area contributed by atoms with Crippen LogP contribution in [0, 0.1) is 0 Å². The van der Waals surface area contributed by atoms with Crippen molar-refractivity contribution >= 4 is 48.0 Å². The maximum absolute atomic E-state index is 14.2. The highest BCUT2D eigenvalue weighted by Crippen LogP contribution is 2.15. The minimum atomic E-state index is -1.18. The molecule has 0 aromatic carbocycles. The lowest BCUT2D eigenvalue weighted by Gasteiger charge is -2.22. The Labute approximate surface area is 448 Å². The number of nitrogens with one attached hydrogen (secondary N) is 2. The Hall–Kier alpha value is -7.79. The molecule has 1 aromatic heterocycles. The summed E-state index contributed by atoms with van der Waals surface area (Å²) in [5.41, 5.74) is -1.45. The molecule has 0 saturated carbocycles. The van der Waals surface area contributed by atoms with Crippen LogP contribution in [0.4, 0.5) is 9.59 Å². The van der Waals surface area contributed by atoms with E-state index in [2.05, 4.69) is 50.1 Å². The molecule has 0 aliphatic rings. The zero-order valence-electron chi connectivity index (χ0n) is 44.8. The van der Waals surface area contributed by atoms with Crippen molar-refractivity contribution in [2.45, 2.75) is 142 Å². The summed E-state index contributed by atoms with van der Waals surface area (Å²) in [5.74, 6) is -4.34. The van der Waals surface area contributed by atoms with E-state index in [1.54, 1.807) is 13.8 Å². The Morgan fingerprint density at radius 2 is 0.909 bits per heavy atom. The van der Waals surface area contributed by atoms with Gasteiger partial charge >= 0.3 is 65.1 Å². The van der Waals surface area contributed by atoms with Gasteiger partial charge in [0.2, 0.25) is 0 Å². The number of ether oxygens (including phenoxy) is 8. The van der Waals surface area contributed by atoms with Crippen molar-refractivity contribution in [3.8, 4) is 0 Å². The van der Waals surface area contributed by atoms with Gasteiger partial charge in [0.25, 0.3) is 0 Å². The van der Waals surface area contributed by atoms with Crippen LogP contribution < -0.4 is 27.7 Å². The highest BCUT2D eigenvalue weighted by atomic mass is 16.6. The fraction of sp³-hybridized carbons (Fsp3) is 0.566. The van der Waals surface area contributed by atoms with Gasteiger partial charge in [-0.05, 0) is 57.6 Å². The first kappa shape index (κ1) is 67.2. The highest BCUT2D eigenvalue weighted by molar-refractivity contribution is 5.87. The number of alkyl carbamates (subject to hydrolysis) is 2. The van der Waals surface area contributed by atoms with Gasteiger partial charge in [0.1, 0.15) is 38.6 Å². The molecule has 0 bridgehead atoms. The third-order valence-electron chi connectivity index (χ3n) is 10.6. The first-order chi connectivity index (χ1) is 36.6. The molecular formula is C53H77N5O19. The smallest absolute Gasteiger partial charge is 0.407 e. The summed E-state index contributed by atoms with van der Waals surface area (Å²) in [5, 5.41) is 5.14. The van der Waals surface area contributed by atoms with Gasteiger partial charge in [-0.3, -0.25) is 19.2 Å². The van der Waals surface area contributed by atoms with E-state index in [9.17, 15) is 52.7 Å². The molecule has 0 radical (unpaired) electrons. The van der Waals surface area contributed by atoms with Crippen molar-refractivity contribution in [3.63, 3.8) is 0 Å².